The Morgan fingerprint density at radius 2 is 1.84 bits per heavy atom. The number of hydrogen-bond donors (Lipinski definition) is 4. The molecule has 1 amide bonds. The van der Waals surface area contributed by atoms with Crippen LogP contribution in [0.25, 0.3) is 0 Å². The zero-order valence-electron chi connectivity index (χ0n) is 14.5. The van der Waals surface area contributed by atoms with Gasteiger partial charge in [-0.15, -0.1) is 0 Å². The number of aliphatic hydroxyl groups is 1. The molecule has 0 saturated heterocycles. The minimum atomic E-state index is -0.946. The van der Waals surface area contributed by atoms with Gasteiger partial charge >= 0.3 is 0 Å². The zero-order chi connectivity index (χ0) is 18.3. The molecule has 0 aliphatic carbocycles. The third-order valence-electron chi connectivity index (χ3n) is 4.22. The summed E-state index contributed by atoms with van der Waals surface area (Å²) in [6.45, 7) is 2.32. The maximum Gasteiger partial charge on any atom is 0.252 e. The summed E-state index contributed by atoms with van der Waals surface area (Å²) in [5.41, 5.74) is 6.54. The summed E-state index contributed by atoms with van der Waals surface area (Å²) in [6.07, 6.45) is 3.08. The van der Waals surface area contributed by atoms with Gasteiger partial charge in [0.1, 0.15) is 11.5 Å². The lowest BCUT2D eigenvalue weighted by Crippen LogP contribution is -2.43. The van der Waals surface area contributed by atoms with Crippen LogP contribution in [0.3, 0.4) is 0 Å². The van der Waals surface area contributed by atoms with Crippen molar-refractivity contribution in [1.82, 2.24) is 5.32 Å². The number of hydrogen-bond acceptors (Lipinski definition) is 4. The molecule has 1 atom stereocenters. The van der Waals surface area contributed by atoms with Crippen molar-refractivity contribution in [2.45, 2.75) is 38.3 Å². The number of amides is 1. The lowest BCUT2D eigenvalue weighted by Gasteiger charge is -2.25. The summed E-state index contributed by atoms with van der Waals surface area (Å²) in [5, 5.41) is 23.2. The van der Waals surface area contributed by atoms with Crippen LogP contribution in [0, 0.1) is 0 Å². The first-order valence-corrected chi connectivity index (χ1v) is 8.50. The van der Waals surface area contributed by atoms with E-state index >= 15 is 0 Å². The van der Waals surface area contributed by atoms with Crippen LogP contribution in [0.1, 0.15) is 41.3 Å². The average molecular weight is 342 g/mol. The van der Waals surface area contributed by atoms with Crippen molar-refractivity contribution in [3.63, 3.8) is 0 Å². The van der Waals surface area contributed by atoms with Crippen molar-refractivity contribution in [3.8, 4) is 5.75 Å². The molecule has 2 aromatic rings. The molecule has 0 radical (unpaired) electrons. The molecule has 0 bridgehead atoms. The molecule has 5 heteroatoms. The normalized spacial score (nSPS) is 13.4. The van der Waals surface area contributed by atoms with Crippen molar-refractivity contribution >= 4 is 5.91 Å². The summed E-state index contributed by atoms with van der Waals surface area (Å²) in [7, 11) is 0. The summed E-state index contributed by atoms with van der Waals surface area (Å²) in [6, 6.07) is 15.0. The second-order valence-corrected chi connectivity index (χ2v) is 6.51. The van der Waals surface area contributed by atoms with Crippen molar-refractivity contribution < 1.29 is 15.0 Å². The van der Waals surface area contributed by atoms with Crippen LogP contribution in [0.4, 0.5) is 0 Å². The topological polar surface area (TPSA) is 95.6 Å². The van der Waals surface area contributed by atoms with Crippen LogP contribution in [-0.2, 0) is 12.8 Å². The number of nitrogens with two attached hydrogens (primary N) is 1. The molecule has 2 rings (SSSR count). The van der Waals surface area contributed by atoms with E-state index in [1.165, 1.54) is 11.6 Å². The number of primary amides is 1. The van der Waals surface area contributed by atoms with E-state index in [-0.39, 0.29) is 11.3 Å². The number of rotatable bonds is 9. The van der Waals surface area contributed by atoms with Gasteiger partial charge in [0.25, 0.3) is 5.91 Å². The zero-order valence-corrected chi connectivity index (χ0v) is 14.5. The Kier molecular flexibility index (Phi) is 6.56. The van der Waals surface area contributed by atoms with Gasteiger partial charge in [0.15, 0.2) is 0 Å². The van der Waals surface area contributed by atoms with Crippen molar-refractivity contribution in [3.05, 3.63) is 65.2 Å². The molecular formula is C20H26N2O3. The maximum absolute atomic E-state index is 11.2. The minimum Gasteiger partial charge on any atom is -0.507 e. The highest BCUT2D eigenvalue weighted by Crippen LogP contribution is 2.18. The van der Waals surface area contributed by atoms with Crippen LogP contribution < -0.4 is 11.1 Å². The standard InChI is InChI=1S/C20H26N2O3/c1-20(25,12-5-8-15-6-3-2-4-7-15)22-13-11-16-9-10-18(23)17(14-16)19(21)24/h2-4,6-7,9-10,14,22-23,25H,5,8,11-13H2,1H3,(H2,21,24). The van der Waals surface area contributed by atoms with Crippen LogP contribution in [0.5, 0.6) is 5.75 Å². The highest BCUT2D eigenvalue weighted by molar-refractivity contribution is 5.95. The smallest absolute Gasteiger partial charge is 0.252 e. The largest absolute Gasteiger partial charge is 0.507 e. The van der Waals surface area contributed by atoms with Crippen LogP contribution in [0.15, 0.2) is 48.5 Å². The van der Waals surface area contributed by atoms with Crippen molar-refractivity contribution in [2.75, 3.05) is 6.54 Å². The number of nitrogens with one attached hydrogen (secondary N) is 1. The highest BCUT2D eigenvalue weighted by atomic mass is 16.3. The Morgan fingerprint density at radius 1 is 1.12 bits per heavy atom. The first-order valence-electron chi connectivity index (χ1n) is 8.50. The Bertz CT molecular complexity index is 699. The Balaban J connectivity index is 1.78. The summed E-state index contributed by atoms with van der Waals surface area (Å²) >= 11 is 0. The van der Waals surface area contributed by atoms with E-state index < -0.39 is 11.6 Å². The van der Waals surface area contributed by atoms with Crippen LogP contribution >= 0.6 is 0 Å². The number of aromatic hydroxyl groups is 1. The molecule has 25 heavy (non-hydrogen) atoms. The quantitative estimate of drug-likeness (QED) is 0.526. The predicted molar refractivity (Wildman–Crippen MR) is 98.3 cm³/mol. The van der Waals surface area contributed by atoms with E-state index in [0.717, 1.165) is 18.4 Å². The number of aryl methyl sites for hydroxylation is 1. The van der Waals surface area contributed by atoms with Crippen molar-refractivity contribution in [1.29, 1.82) is 0 Å². The molecule has 5 nitrogen and oxygen atoms in total. The molecule has 0 heterocycles. The monoisotopic (exact) mass is 342 g/mol. The Morgan fingerprint density at radius 3 is 2.52 bits per heavy atom. The molecule has 5 N–H and O–H groups in total. The molecule has 134 valence electrons. The number of carbonyl (C=O) groups is 1. The third kappa shape index (κ3) is 6.21. The Hall–Kier alpha value is -2.37. The Labute approximate surface area is 148 Å². The first kappa shape index (κ1) is 19.0. The third-order valence-corrected chi connectivity index (χ3v) is 4.22. The van der Waals surface area contributed by atoms with Crippen molar-refractivity contribution in [2.24, 2.45) is 5.73 Å². The molecule has 2 aromatic carbocycles. The fourth-order valence-electron chi connectivity index (χ4n) is 2.78. The van der Waals surface area contributed by atoms with Gasteiger partial charge in [-0.2, -0.15) is 0 Å². The second kappa shape index (κ2) is 8.65. The summed E-state index contributed by atoms with van der Waals surface area (Å²) < 4.78 is 0. The molecule has 0 aliphatic rings. The van der Waals surface area contributed by atoms with E-state index in [1.807, 2.05) is 18.2 Å². The molecule has 0 aromatic heterocycles. The van der Waals surface area contributed by atoms with Gasteiger partial charge in [-0.3, -0.25) is 10.1 Å². The highest BCUT2D eigenvalue weighted by Gasteiger charge is 2.18. The van der Waals surface area contributed by atoms with Gasteiger partial charge in [-0.05, 0) is 55.9 Å². The average Bonchev–Trinajstić information content (AvgIpc) is 2.57. The fraction of sp³-hybridized carbons (Fsp3) is 0.350. The first-order chi connectivity index (χ1) is 11.9. The van der Waals surface area contributed by atoms with E-state index in [2.05, 4.69) is 17.4 Å². The second-order valence-electron chi connectivity index (χ2n) is 6.51. The minimum absolute atomic E-state index is 0.114. The number of carbonyl (C=O) groups excluding carboxylic acids is 1. The molecule has 1 unspecified atom stereocenters. The molecule has 0 aliphatic heterocycles. The summed E-state index contributed by atoms with van der Waals surface area (Å²) in [4.78, 5) is 11.2. The van der Waals surface area contributed by atoms with E-state index in [1.54, 1.807) is 19.1 Å². The van der Waals surface area contributed by atoms with E-state index in [4.69, 9.17) is 5.73 Å². The molecule has 0 saturated carbocycles. The van der Waals surface area contributed by atoms with E-state index in [9.17, 15) is 15.0 Å². The molecule has 0 spiro atoms. The van der Waals surface area contributed by atoms with Gasteiger partial charge in [0.05, 0.1) is 5.56 Å². The lowest BCUT2D eigenvalue weighted by atomic mass is 10.0. The fourth-order valence-corrected chi connectivity index (χ4v) is 2.78. The SMILES string of the molecule is CC(O)(CCCc1ccccc1)NCCc1ccc(O)c(C(N)=O)c1. The van der Waals surface area contributed by atoms with Crippen LogP contribution in [-0.4, -0.2) is 28.4 Å². The lowest BCUT2D eigenvalue weighted by molar-refractivity contribution is 0.0146. The van der Waals surface area contributed by atoms with Gasteiger partial charge < -0.3 is 15.9 Å². The predicted octanol–water partition coefficient (Wildman–Crippen LogP) is 2.35. The molecule has 0 fully saturated rings. The van der Waals surface area contributed by atoms with Gasteiger partial charge in [-0.1, -0.05) is 36.4 Å². The van der Waals surface area contributed by atoms with Gasteiger partial charge in [-0.25, -0.2) is 0 Å². The molecular weight excluding hydrogens is 316 g/mol. The van der Waals surface area contributed by atoms with Gasteiger partial charge in [0.2, 0.25) is 0 Å². The number of phenols is 1. The number of benzene rings is 2. The van der Waals surface area contributed by atoms with Gasteiger partial charge in [0, 0.05) is 6.54 Å². The van der Waals surface area contributed by atoms with E-state index in [0.29, 0.717) is 19.4 Å². The maximum atomic E-state index is 11.2. The van der Waals surface area contributed by atoms with Crippen LogP contribution in [0.2, 0.25) is 0 Å². The summed E-state index contributed by atoms with van der Waals surface area (Å²) in [5.74, 6) is -0.766.